The minimum absolute atomic E-state index is 1.17. The van der Waals surface area contributed by atoms with Gasteiger partial charge in [0, 0.05) is 32.9 Å². The molecule has 7 aromatic carbocycles. The molecule has 2 heterocycles. The van der Waals surface area contributed by atoms with Gasteiger partial charge < -0.3 is 9.13 Å². The number of aromatic nitrogens is 2. The van der Waals surface area contributed by atoms with E-state index in [4.69, 9.17) is 0 Å². The number of benzene rings is 7. The van der Waals surface area contributed by atoms with Crippen molar-refractivity contribution in [2.75, 3.05) is 0 Å². The number of para-hydroxylation sites is 3. The zero-order chi connectivity index (χ0) is 30.8. The van der Waals surface area contributed by atoms with E-state index in [1.54, 1.807) is 0 Å². The largest absolute Gasteiger partial charge is 0.309 e. The van der Waals surface area contributed by atoms with Crippen molar-refractivity contribution < 1.29 is 0 Å². The quantitative estimate of drug-likeness (QED) is 0.194. The van der Waals surface area contributed by atoms with Crippen molar-refractivity contribution in [3.63, 3.8) is 0 Å². The molecule has 2 aromatic heterocycles. The van der Waals surface area contributed by atoms with Gasteiger partial charge in [0.2, 0.25) is 0 Å². The zero-order valence-corrected chi connectivity index (χ0v) is 25.9. The number of nitrogens with zero attached hydrogens (tertiary/aromatic N) is 2. The maximum atomic E-state index is 2.40. The first kappa shape index (κ1) is 26.5. The van der Waals surface area contributed by atoms with Crippen LogP contribution in [0.1, 0.15) is 11.1 Å². The summed E-state index contributed by atoms with van der Waals surface area (Å²) in [7, 11) is 0. The highest BCUT2D eigenvalue weighted by Gasteiger charge is 2.16. The first-order valence-corrected chi connectivity index (χ1v) is 15.9. The number of fused-ring (bicyclic) bond motifs is 6. The number of aryl methyl sites for hydroxylation is 2. The van der Waals surface area contributed by atoms with Gasteiger partial charge in [-0.25, -0.2) is 0 Å². The lowest BCUT2D eigenvalue weighted by atomic mass is 10.0. The fourth-order valence-electron chi connectivity index (χ4n) is 7.38. The molecule has 0 aliphatic rings. The number of hydrogen-bond acceptors (Lipinski definition) is 0. The summed E-state index contributed by atoms with van der Waals surface area (Å²) < 4.78 is 4.77. The molecular formula is C44H32N2. The molecule has 2 heteroatoms. The molecule has 0 fully saturated rings. The minimum Gasteiger partial charge on any atom is -0.309 e. The van der Waals surface area contributed by atoms with Gasteiger partial charge in [-0.15, -0.1) is 0 Å². The standard InChI is InChI=1S/C44H32N2/c1-29-24-30(2)26-34(25-29)31-16-20-36(21-17-31)46-42-15-9-7-13-38(42)40-28-33(19-23-44(40)46)32-18-22-43-39(27-32)37-12-6-8-14-41(37)45(43)35-10-4-3-5-11-35/h3-28H,1-2H3. The van der Waals surface area contributed by atoms with Crippen LogP contribution in [0.25, 0.3) is 77.2 Å². The van der Waals surface area contributed by atoms with Gasteiger partial charge in [0.1, 0.15) is 0 Å². The molecule has 0 saturated heterocycles. The summed E-state index contributed by atoms with van der Waals surface area (Å²) in [6.07, 6.45) is 0. The van der Waals surface area contributed by atoms with Crippen LogP contribution in [-0.2, 0) is 0 Å². The van der Waals surface area contributed by atoms with Gasteiger partial charge in [-0.3, -0.25) is 0 Å². The molecule has 0 amide bonds. The van der Waals surface area contributed by atoms with Crippen LogP contribution in [-0.4, -0.2) is 9.13 Å². The molecule has 0 saturated carbocycles. The molecular weight excluding hydrogens is 556 g/mol. The summed E-state index contributed by atoms with van der Waals surface area (Å²) in [5.74, 6) is 0. The maximum absolute atomic E-state index is 2.40. The molecule has 0 radical (unpaired) electrons. The molecule has 0 unspecified atom stereocenters. The Kier molecular flexibility index (Phi) is 5.97. The second-order valence-electron chi connectivity index (χ2n) is 12.4. The second-order valence-corrected chi connectivity index (χ2v) is 12.4. The lowest BCUT2D eigenvalue weighted by Gasteiger charge is -2.11. The van der Waals surface area contributed by atoms with Gasteiger partial charge in [0.25, 0.3) is 0 Å². The van der Waals surface area contributed by atoms with Gasteiger partial charge in [-0.1, -0.05) is 108 Å². The number of hydrogen-bond donors (Lipinski definition) is 0. The minimum atomic E-state index is 1.17. The fraction of sp³-hybridized carbons (Fsp3) is 0.0455. The Balaban J connectivity index is 1.18. The molecule has 9 rings (SSSR count). The molecule has 0 aliphatic heterocycles. The average Bonchev–Trinajstić information content (AvgIpc) is 3.60. The fourth-order valence-corrected chi connectivity index (χ4v) is 7.38. The molecule has 0 aliphatic carbocycles. The van der Waals surface area contributed by atoms with Gasteiger partial charge in [-0.2, -0.15) is 0 Å². The van der Waals surface area contributed by atoms with Crippen LogP contribution in [0.5, 0.6) is 0 Å². The molecule has 0 bridgehead atoms. The average molecular weight is 589 g/mol. The third kappa shape index (κ3) is 4.18. The van der Waals surface area contributed by atoms with Gasteiger partial charge in [-0.05, 0) is 96.8 Å². The Labute approximate surface area is 268 Å². The van der Waals surface area contributed by atoms with E-state index in [9.17, 15) is 0 Å². The third-order valence-electron chi connectivity index (χ3n) is 9.37. The highest BCUT2D eigenvalue weighted by molar-refractivity contribution is 6.12. The van der Waals surface area contributed by atoms with Crippen LogP contribution in [0.15, 0.2) is 158 Å². The van der Waals surface area contributed by atoms with Crippen LogP contribution >= 0.6 is 0 Å². The van der Waals surface area contributed by atoms with Crippen LogP contribution in [0.2, 0.25) is 0 Å². The third-order valence-corrected chi connectivity index (χ3v) is 9.37. The van der Waals surface area contributed by atoms with E-state index in [2.05, 4.69) is 181 Å². The predicted octanol–water partition coefficient (Wildman–Crippen LogP) is 11.8. The van der Waals surface area contributed by atoms with Crippen molar-refractivity contribution in [1.82, 2.24) is 9.13 Å². The van der Waals surface area contributed by atoms with E-state index in [1.165, 1.54) is 88.4 Å². The van der Waals surface area contributed by atoms with Crippen molar-refractivity contribution in [1.29, 1.82) is 0 Å². The lowest BCUT2D eigenvalue weighted by Crippen LogP contribution is -1.94. The molecule has 9 aromatic rings. The smallest absolute Gasteiger partial charge is 0.0541 e. The SMILES string of the molecule is Cc1cc(C)cc(-c2ccc(-n3c4ccccc4c4cc(-c5ccc6c(c5)c5ccccc5n6-c5ccccc5)ccc43)cc2)c1. The molecule has 46 heavy (non-hydrogen) atoms. The normalized spacial score (nSPS) is 11.7. The van der Waals surface area contributed by atoms with Crippen LogP contribution < -0.4 is 0 Å². The summed E-state index contributed by atoms with van der Waals surface area (Å²) in [6, 6.07) is 57.8. The Morgan fingerprint density at radius 3 is 1.28 bits per heavy atom. The first-order chi connectivity index (χ1) is 22.6. The van der Waals surface area contributed by atoms with E-state index < -0.39 is 0 Å². The molecule has 218 valence electrons. The van der Waals surface area contributed by atoms with Crippen LogP contribution in [0.4, 0.5) is 0 Å². The number of rotatable bonds is 4. The summed E-state index contributed by atoms with van der Waals surface area (Å²) in [4.78, 5) is 0. The monoisotopic (exact) mass is 588 g/mol. The van der Waals surface area contributed by atoms with E-state index in [-0.39, 0.29) is 0 Å². The van der Waals surface area contributed by atoms with Gasteiger partial charge >= 0.3 is 0 Å². The highest BCUT2D eigenvalue weighted by atomic mass is 15.0. The Bertz CT molecular complexity index is 2560. The maximum Gasteiger partial charge on any atom is 0.0541 e. The predicted molar refractivity (Wildman–Crippen MR) is 195 cm³/mol. The summed E-state index contributed by atoms with van der Waals surface area (Å²) >= 11 is 0. The molecule has 2 nitrogen and oxygen atoms in total. The lowest BCUT2D eigenvalue weighted by molar-refractivity contribution is 1.18. The van der Waals surface area contributed by atoms with E-state index in [0.717, 1.165) is 0 Å². The Morgan fingerprint density at radius 1 is 0.304 bits per heavy atom. The Morgan fingerprint density at radius 2 is 0.739 bits per heavy atom. The van der Waals surface area contributed by atoms with Crippen LogP contribution in [0, 0.1) is 13.8 Å². The Hall–Kier alpha value is -5.86. The molecule has 0 atom stereocenters. The van der Waals surface area contributed by atoms with Gasteiger partial charge in [0.05, 0.1) is 22.1 Å². The van der Waals surface area contributed by atoms with Crippen molar-refractivity contribution in [2.45, 2.75) is 13.8 Å². The second kappa shape index (κ2) is 10.4. The summed E-state index contributed by atoms with van der Waals surface area (Å²) in [6.45, 7) is 4.33. The molecule has 0 spiro atoms. The van der Waals surface area contributed by atoms with E-state index in [0.29, 0.717) is 0 Å². The first-order valence-electron chi connectivity index (χ1n) is 15.9. The highest BCUT2D eigenvalue weighted by Crippen LogP contribution is 2.38. The summed E-state index contributed by atoms with van der Waals surface area (Å²) in [5, 5.41) is 5.06. The molecule has 0 N–H and O–H groups in total. The summed E-state index contributed by atoms with van der Waals surface area (Å²) in [5.41, 5.74) is 14.8. The van der Waals surface area contributed by atoms with E-state index in [1.807, 2.05) is 0 Å². The van der Waals surface area contributed by atoms with Crippen LogP contribution in [0.3, 0.4) is 0 Å². The van der Waals surface area contributed by atoms with Crippen molar-refractivity contribution in [3.05, 3.63) is 169 Å². The van der Waals surface area contributed by atoms with Gasteiger partial charge in [0.15, 0.2) is 0 Å². The van der Waals surface area contributed by atoms with Crippen molar-refractivity contribution in [2.24, 2.45) is 0 Å². The zero-order valence-electron chi connectivity index (χ0n) is 25.9. The van der Waals surface area contributed by atoms with Crippen molar-refractivity contribution >= 4 is 43.6 Å². The van der Waals surface area contributed by atoms with E-state index >= 15 is 0 Å². The topological polar surface area (TPSA) is 9.86 Å². The van der Waals surface area contributed by atoms with Crippen molar-refractivity contribution in [3.8, 4) is 33.6 Å².